The van der Waals surface area contributed by atoms with Crippen molar-refractivity contribution >= 4 is 29.7 Å². The Morgan fingerprint density at radius 1 is 0.732 bits per heavy atom. The lowest BCUT2D eigenvalue weighted by atomic mass is 9.84. The summed E-state index contributed by atoms with van der Waals surface area (Å²) < 4.78 is 5.27. The smallest absolute Gasteiger partial charge is 0.414 e. The monoisotopic (exact) mass is 571 g/mol. The largest absolute Gasteiger partial charge is 0.473 e. The first-order valence-corrected chi connectivity index (χ1v) is 13.9. The highest BCUT2D eigenvalue weighted by molar-refractivity contribution is 8.00. The first-order valence-electron chi connectivity index (χ1n) is 12.9. The van der Waals surface area contributed by atoms with Gasteiger partial charge in [-0.3, -0.25) is 0 Å². The SMILES string of the molecule is Cc1cc(C)c(OC(=O)C(N)CSC(c2ccccc2)(c2ccccc2)c2ccccc2)c(C)c1.O=C(O)C(=O)O. The molecule has 7 nitrogen and oxygen atoms in total. The average molecular weight is 572 g/mol. The van der Waals surface area contributed by atoms with E-state index < -0.39 is 28.7 Å². The molecule has 0 bridgehead atoms. The molecule has 0 spiro atoms. The standard InChI is InChI=1S/C31H31NO2S.C2H2O4/c1-22-19-23(2)29(24(3)20-22)34-30(33)28(32)21-35-31(25-13-7-4-8-14-25,26-15-9-5-10-16-26)27-17-11-6-12-18-27;3-1(4)2(5)6/h4-20,28H,21,32H2,1-3H3;(H,3,4)(H,5,6). The number of carboxylic acids is 2. The van der Waals surface area contributed by atoms with Crippen LogP contribution in [0.4, 0.5) is 0 Å². The number of thioether (sulfide) groups is 1. The van der Waals surface area contributed by atoms with Crippen LogP contribution < -0.4 is 10.5 Å². The van der Waals surface area contributed by atoms with Crippen LogP contribution in [0.5, 0.6) is 5.75 Å². The molecule has 0 aliphatic heterocycles. The number of carboxylic acid groups (broad SMARTS) is 2. The fourth-order valence-corrected chi connectivity index (χ4v) is 6.03. The van der Waals surface area contributed by atoms with Crippen molar-refractivity contribution < 1.29 is 29.3 Å². The van der Waals surface area contributed by atoms with Gasteiger partial charge in [-0.15, -0.1) is 11.8 Å². The van der Waals surface area contributed by atoms with E-state index >= 15 is 0 Å². The fraction of sp³-hybridized carbons (Fsp3) is 0.182. The van der Waals surface area contributed by atoms with E-state index in [4.69, 9.17) is 30.3 Å². The van der Waals surface area contributed by atoms with Crippen molar-refractivity contribution in [1.82, 2.24) is 0 Å². The van der Waals surface area contributed by atoms with Gasteiger partial charge in [0, 0.05) is 5.75 Å². The Balaban J connectivity index is 0.000000696. The summed E-state index contributed by atoms with van der Waals surface area (Å²) >= 11 is 1.66. The van der Waals surface area contributed by atoms with Crippen LogP contribution in [0.3, 0.4) is 0 Å². The molecule has 0 amide bonds. The number of nitrogens with two attached hydrogens (primary N) is 1. The molecule has 0 fully saturated rings. The predicted octanol–water partition coefficient (Wildman–Crippen LogP) is 5.73. The third-order valence-electron chi connectivity index (χ3n) is 6.31. The second kappa shape index (κ2) is 14.3. The van der Waals surface area contributed by atoms with Gasteiger partial charge in [0.25, 0.3) is 0 Å². The lowest BCUT2D eigenvalue weighted by molar-refractivity contribution is -0.159. The molecule has 4 rings (SSSR count). The van der Waals surface area contributed by atoms with Gasteiger partial charge in [0.1, 0.15) is 11.8 Å². The summed E-state index contributed by atoms with van der Waals surface area (Å²) in [6, 6.07) is 34.4. The molecule has 0 saturated carbocycles. The van der Waals surface area contributed by atoms with Gasteiger partial charge in [0.05, 0.1) is 4.75 Å². The first-order chi connectivity index (χ1) is 19.6. The highest BCUT2D eigenvalue weighted by Gasteiger charge is 2.38. The minimum atomic E-state index is -1.82. The van der Waals surface area contributed by atoms with E-state index in [2.05, 4.69) is 36.4 Å². The Labute approximate surface area is 244 Å². The highest BCUT2D eigenvalue weighted by Crippen LogP contribution is 2.48. The number of carbonyl (C=O) groups is 3. The van der Waals surface area contributed by atoms with E-state index in [9.17, 15) is 4.79 Å². The van der Waals surface area contributed by atoms with E-state index in [1.807, 2.05) is 87.5 Å². The quantitative estimate of drug-likeness (QED) is 0.106. The fourth-order valence-electron chi connectivity index (χ4n) is 4.56. The molecule has 0 saturated heterocycles. The summed E-state index contributed by atoms with van der Waals surface area (Å²) in [4.78, 5) is 31.3. The Bertz CT molecular complexity index is 1340. The molecular formula is C33H33NO6S. The zero-order valence-corrected chi connectivity index (χ0v) is 23.9. The van der Waals surface area contributed by atoms with E-state index in [0.29, 0.717) is 11.5 Å². The average Bonchev–Trinajstić information content (AvgIpc) is 2.97. The van der Waals surface area contributed by atoms with Crippen molar-refractivity contribution in [1.29, 1.82) is 0 Å². The third-order valence-corrected chi connectivity index (χ3v) is 7.98. The lowest BCUT2D eigenvalue weighted by Crippen LogP contribution is -2.39. The maximum Gasteiger partial charge on any atom is 0.414 e. The zero-order valence-electron chi connectivity index (χ0n) is 23.1. The summed E-state index contributed by atoms with van der Waals surface area (Å²) in [5.41, 5.74) is 12.8. The molecule has 0 radical (unpaired) electrons. The Kier molecular flexibility index (Phi) is 10.9. The van der Waals surface area contributed by atoms with Crippen molar-refractivity contribution in [2.75, 3.05) is 5.75 Å². The van der Waals surface area contributed by atoms with Crippen LogP contribution >= 0.6 is 11.8 Å². The minimum Gasteiger partial charge on any atom is -0.473 e. The van der Waals surface area contributed by atoms with Crippen LogP contribution in [0.1, 0.15) is 33.4 Å². The van der Waals surface area contributed by atoms with Gasteiger partial charge in [0.15, 0.2) is 0 Å². The molecule has 4 N–H and O–H groups in total. The van der Waals surface area contributed by atoms with Gasteiger partial charge in [-0.1, -0.05) is 109 Å². The number of ether oxygens (including phenoxy) is 1. The molecule has 0 aromatic heterocycles. The number of hydrogen-bond acceptors (Lipinski definition) is 6. The molecular weight excluding hydrogens is 538 g/mol. The molecule has 4 aromatic rings. The molecule has 0 heterocycles. The Morgan fingerprint density at radius 3 is 1.44 bits per heavy atom. The van der Waals surface area contributed by atoms with Crippen LogP contribution in [-0.2, 0) is 19.1 Å². The first kappa shape index (κ1) is 31.1. The summed E-state index contributed by atoms with van der Waals surface area (Å²) in [7, 11) is 0. The van der Waals surface area contributed by atoms with Gasteiger partial charge in [-0.05, 0) is 48.6 Å². The second-order valence-corrected chi connectivity index (χ2v) is 10.7. The molecule has 8 heteroatoms. The summed E-state index contributed by atoms with van der Waals surface area (Å²) in [5, 5.41) is 14.8. The molecule has 4 aromatic carbocycles. The van der Waals surface area contributed by atoms with Crippen molar-refractivity contribution in [3.05, 3.63) is 137 Å². The maximum atomic E-state index is 13.1. The molecule has 0 aliphatic rings. The number of esters is 1. The van der Waals surface area contributed by atoms with E-state index in [1.54, 1.807) is 11.8 Å². The number of hydrogen-bond donors (Lipinski definition) is 3. The zero-order chi connectivity index (χ0) is 30.0. The van der Waals surface area contributed by atoms with Crippen molar-refractivity contribution in [2.45, 2.75) is 31.6 Å². The summed E-state index contributed by atoms with van der Waals surface area (Å²) in [6.07, 6.45) is 0. The van der Waals surface area contributed by atoms with Crippen LogP contribution in [0.15, 0.2) is 103 Å². The Hall–Kier alpha value is -4.40. The number of aliphatic carboxylic acids is 2. The molecule has 41 heavy (non-hydrogen) atoms. The van der Waals surface area contributed by atoms with Gasteiger partial charge in [-0.2, -0.15) is 0 Å². The van der Waals surface area contributed by atoms with Crippen LogP contribution in [0.25, 0.3) is 0 Å². The normalized spacial score (nSPS) is 11.5. The number of aryl methyl sites for hydroxylation is 3. The Morgan fingerprint density at radius 2 is 1.10 bits per heavy atom. The van der Waals surface area contributed by atoms with Crippen molar-refractivity contribution in [3.8, 4) is 5.75 Å². The van der Waals surface area contributed by atoms with Crippen LogP contribution in [-0.4, -0.2) is 39.9 Å². The van der Waals surface area contributed by atoms with Crippen molar-refractivity contribution in [3.63, 3.8) is 0 Å². The molecule has 1 atom stereocenters. The topological polar surface area (TPSA) is 127 Å². The highest BCUT2D eigenvalue weighted by atomic mass is 32.2. The van der Waals surface area contributed by atoms with E-state index in [-0.39, 0.29) is 0 Å². The molecule has 212 valence electrons. The van der Waals surface area contributed by atoms with Gasteiger partial charge < -0.3 is 20.7 Å². The van der Waals surface area contributed by atoms with E-state index in [1.165, 1.54) is 0 Å². The predicted molar refractivity (Wildman–Crippen MR) is 161 cm³/mol. The second-order valence-electron chi connectivity index (χ2n) is 9.46. The van der Waals surface area contributed by atoms with Gasteiger partial charge >= 0.3 is 17.9 Å². The van der Waals surface area contributed by atoms with Crippen LogP contribution in [0.2, 0.25) is 0 Å². The van der Waals surface area contributed by atoms with Gasteiger partial charge in [0.2, 0.25) is 0 Å². The number of benzene rings is 4. The molecule has 1 unspecified atom stereocenters. The summed E-state index contributed by atoms with van der Waals surface area (Å²) in [5.74, 6) is -3.08. The third kappa shape index (κ3) is 7.84. The lowest BCUT2D eigenvalue weighted by Gasteiger charge is -2.36. The van der Waals surface area contributed by atoms with Gasteiger partial charge in [-0.25, -0.2) is 14.4 Å². The van der Waals surface area contributed by atoms with E-state index in [0.717, 1.165) is 33.4 Å². The maximum absolute atomic E-state index is 13.1. The minimum absolute atomic E-state index is 0.390. The number of rotatable bonds is 8. The van der Waals surface area contributed by atoms with Crippen LogP contribution in [0, 0.1) is 20.8 Å². The molecule has 0 aliphatic carbocycles. The number of carbonyl (C=O) groups excluding carboxylic acids is 1. The summed E-state index contributed by atoms with van der Waals surface area (Å²) in [6.45, 7) is 5.94. The van der Waals surface area contributed by atoms with Crippen molar-refractivity contribution in [2.24, 2.45) is 5.73 Å².